The number of rotatable bonds is 11. The van der Waals surface area contributed by atoms with Crippen molar-refractivity contribution in [2.75, 3.05) is 20.2 Å². The fraction of sp³-hybridized carbons (Fsp3) is 0.667. The number of aryl methyl sites for hydroxylation is 1. The van der Waals surface area contributed by atoms with Gasteiger partial charge in [-0.05, 0) is 31.5 Å². The maximum absolute atomic E-state index is 6.09. The van der Waals surface area contributed by atoms with E-state index >= 15 is 0 Å². The van der Waals surface area contributed by atoms with Gasteiger partial charge in [-0.15, -0.1) is 0 Å². The summed E-state index contributed by atoms with van der Waals surface area (Å²) in [4.78, 5) is 0. The molecule has 2 nitrogen and oxygen atoms in total. The van der Waals surface area contributed by atoms with Crippen LogP contribution in [0.3, 0.4) is 0 Å². The van der Waals surface area contributed by atoms with Gasteiger partial charge in [-0.2, -0.15) is 0 Å². The maximum atomic E-state index is 6.09. The molecular weight excluding hydrogens is 246 g/mol. The second-order valence-corrected chi connectivity index (χ2v) is 5.54. The van der Waals surface area contributed by atoms with E-state index in [2.05, 4.69) is 43.4 Å². The van der Waals surface area contributed by atoms with Crippen molar-refractivity contribution in [1.29, 1.82) is 0 Å². The minimum atomic E-state index is 0.178. The molecule has 0 aliphatic rings. The molecule has 1 aromatic rings. The van der Waals surface area contributed by atoms with Crippen LogP contribution in [0.1, 0.15) is 62.7 Å². The molecule has 1 aromatic carbocycles. The monoisotopic (exact) mass is 277 g/mol. The Hall–Kier alpha value is -0.860. The second kappa shape index (κ2) is 10.9. The Bertz CT molecular complexity index is 351. The van der Waals surface area contributed by atoms with Gasteiger partial charge in [0.15, 0.2) is 0 Å². The van der Waals surface area contributed by atoms with Crippen molar-refractivity contribution < 1.29 is 4.74 Å². The molecule has 1 N–H and O–H groups in total. The lowest BCUT2D eigenvalue weighted by Crippen LogP contribution is -2.21. The molecule has 1 atom stereocenters. The molecule has 0 bridgehead atoms. The van der Waals surface area contributed by atoms with Crippen molar-refractivity contribution >= 4 is 0 Å². The zero-order chi connectivity index (χ0) is 14.6. The molecule has 0 fully saturated rings. The zero-order valence-electron chi connectivity index (χ0n) is 13.5. The first kappa shape index (κ1) is 17.2. The van der Waals surface area contributed by atoms with Gasteiger partial charge in [-0.25, -0.2) is 0 Å². The SMILES string of the molecule is CCCCCCCCOC(CNC)c1ccccc1C. The molecule has 0 heterocycles. The summed E-state index contributed by atoms with van der Waals surface area (Å²) < 4.78 is 6.09. The first-order chi connectivity index (χ1) is 9.79. The van der Waals surface area contributed by atoms with Crippen LogP contribution in [0, 0.1) is 6.92 Å². The zero-order valence-corrected chi connectivity index (χ0v) is 13.5. The Kier molecular flexibility index (Phi) is 9.35. The van der Waals surface area contributed by atoms with Gasteiger partial charge in [0.1, 0.15) is 0 Å². The summed E-state index contributed by atoms with van der Waals surface area (Å²) in [6, 6.07) is 8.52. The second-order valence-electron chi connectivity index (χ2n) is 5.54. The van der Waals surface area contributed by atoms with Crippen LogP contribution in [0.4, 0.5) is 0 Å². The Balaban J connectivity index is 2.31. The highest BCUT2D eigenvalue weighted by molar-refractivity contribution is 5.28. The molecule has 1 unspecified atom stereocenters. The highest BCUT2D eigenvalue weighted by Gasteiger charge is 2.12. The molecule has 2 heteroatoms. The lowest BCUT2D eigenvalue weighted by Gasteiger charge is -2.20. The topological polar surface area (TPSA) is 21.3 Å². The van der Waals surface area contributed by atoms with Crippen LogP contribution in [0.5, 0.6) is 0 Å². The van der Waals surface area contributed by atoms with Gasteiger partial charge in [-0.3, -0.25) is 0 Å². The molecule has 0 aromatic heterocycles. The lowest BCUT2D eigenvalue weighted by atomic mass is 10.0. The third-order valence-corrected chi connectivity index (χ3v) is 3.74. The highest BCUT2D eigenvalue weighted by atomic mass is 16.5. The maximum Gasteiger partial charge on any atom is 0.0951 e. The summed E-state index contributed by atoms with van der Waals surface area (Å²) in [5.74, 6) is 0. The van der Waals surface area contributed by atoms with E-state index in [9.17, 15) is 0 Å². The van der Waals surface area contributed by atoms with Gasteiger partial charge < -0.3 is 10.1 Å². The van der Waals surface area contributed by atoms with Crippen LogP contribution < -0.4 is 5.32 Å². The molecule has 0 radical (unpaired) electrons. The van der Waals surface area contributed by atoms with Gasteiger partial charge in [0.05, 0.1) is 6.10 Å². The van der Waals surface area contributed by atoms with Crippen LogP contribution in [-0.4, -0.2) is 20.2 Å². The van der Waals surface area contributed by atoms with Crippen molar-refractivity contribution in [1.82, 2.24) is 5.32 Å². The number of ether oxygens (including phenoxy) is 1. The molecule has 0 saturated carbocycles. The number of likely N-dealkylation sites (N-methyl/N-ethyl adjacent to an activating group) is 1. The Labute approximate surface area is 124 Å². The number of hydrogen-bond acceptors (Lipinski definition) is 2. The van der Waals surface area contributed by atoms with Crippen LogP contribution in [0.25, 0.3) is 0 Å². The largest absolute Gasteiger partial charge is 0.372 e. The van der Waals surface area contributed by atoms with E-state index < -0.39 is 0 Å². The molecule has 0 spiro atoms. The normalized spacial score (nSPS) is 12.6. The standard InChI is InChI=1S/C18H31NO/c1-4-5-6-7-8-11-14-20-18(15-19-3)17-13-10-9-12-16(17)2/h9-10,12-13,18-19H,4-8,11,14-15H2,1-3H3. The van der Waals surface area contributed by atoms with Gasteiger partial charge in [-0.1, -0.05) is 63.3 Å². The Morgan fingerprint density at radius 2 is 1.75 bits per heavy atom. The first-order valence-corrected chi connectivity index (χ1v) is 8.11. The van der Waals surface area contributed by atoms with Crippen LogP contribution >= 0.6 is 0 Å². The van der Waals surface area contributed by atoms with Crippen molar-refractivity contribution in [3.8, 4) is 0 Å². The average molecular weight is 277 g/mol. The summed E-state index contributed by atoms with van der Waals surface area (Å²) in [5, 5.41) is 3.24. The molecule has 1 rings (SSSR count). The van der Waals surface area contributed by atoms with E-state index in [0.29, 0.717) is 0 Å². The molecule has 0 aliphatic carbocycles. The highest BCUT2D eigenvalue weighted by Crippen LogP contribution is 2.21. The average Bonchev–Trinajstić information content (AvgIpc) is 2.46. The van der Waals surface area contributed by atoms with Gasteiger partial charge in [0, 0.05) is 13.2 Å². The molecule has 0 saturated heterocycles. The van der Waals surface area contributed by atoms with Crippen molar-refractivity contribution in [3.05, 3.63) is 35.4 Å². The van der Waals surface area contributed by atoms with Crippen molar-refractivity contribution in [3.63, 3.8) is 0 Å². The number of hydrogen-bond donors (Lipinski definition) is 1. The van der Waals surface area contributed by atoms with Gasteiger partial charge >= 0.3 is 0 Å². The molecular formula is C18H31NO. The molecule has 114 valence electrons. The summed E-state index contributed by atoms with van der Waals surface area (Å²) in [7, 11) is 1.99. The van der Waals surface area contributed by atoms with Crippen molar-refractivity contribution in [2.45, 2.75) is 58.5 Å². The smallest absolute Gasteiger partial charge is 0.0951 e. The third kappa shape index (κ3) is 6.53. The predicted molar refractivity (Wildman–Crippen MR) is 87.2 cm³/mol. The van der Waals surface area contributed by atoms with Gasteiger partial charge in [0.25, 0.3) is 0 Å². The van der Waals surface area contributed by atoms with E-state index in [4.69, 9.17) is 4.74 Å². The number of unbranched alkanes of at least 4 members (excludes halogenated alkanes) is 5. The number of nitrogens with one attached hydrogen (secondary N) is 1. The summed E-state index contributed by atoms with van der Waals surface area (Å²) in [5.41, 5.74) is 2.63. The van der Waals surface area contributed by atoms with Gasteiger partial charge in [0.2, 0.25) is 0 Å². The van der Waals surface area contributed by atoms with Crippen LogP contribution in [-0.2, 0) is 4.74 Å². The summed E-state index contributed by atoms with van der Waals surface area (Å²) in [6.45, 7) is 6.16. The third-order valence-electron chi connectivity index (χ3n) is 3.74. The van der Waals surface area contributed by atoms with Crippen LogP contribution in [0.2, 0.25) is 0 Å². The Morgan fingerprint density at radius 1 is 1.05 bits per heavy atom. The predicted octanol–water partition coefficient (Wildman–Crippen LogP) is 4.63. The fourth-order valence-corrected chi connectivity index (χ4v) is 2.50. The van der Waals surface area contributed by atoms with Crippen molar-refractivity contribution in [2.24, 2.45) is 0 Å². The molecule has 20 heavy (non-hydrogen) atoms. The number of benzene rings is 1. The summed E-state index contributed by atoms with van der Waals surface area (Å²) in [6.07, 6.45) is 8.04. The fourth-order valence-electron chi connectivity index (χ4n) is 2.50. The summed E-state index contributed by atoms with van der Waals surface area (Å²) >= 11 is 0. The first-order valence-electron chi connectivity index (χ1n) is 8.11. The van der Waals surface area contributed by atoms with E-state index in [-0.39, 0.29) is 6.10 Å². The van der Waals surface area contributed by atoms with E-state index in [0.717, 1.165) is 13.2 Å². The molecule has 0 aliphatic heterocycles. The lowest BCUT2D eigenvalue weighted by molar-refractivity contribution is 0.0507. The Morgan fingerprint density at radius 3 is 2.45 bits per heavy atom. The minimum absolute atomic E-state index is 0.178. The van der Waals surface area contributed by atoms with E-state index in [1.807, 2.05) is 7.05 Å². The molecule has 0 amide bonds. The minimum Gasteiger partial charge on any atom is -0.372 e. The quantitative estimate of drug-likeness (QED) is 0.595. The van der Waals surface area contributed by atoms with Crippen LogP contribution in [0.15, 0.2) is 24.3 Å². The van der Waals surface area contributed by atoms with E-state index in [1.165, 1.54) is 49.7 Å². The van der Waals surface area contributed by atoms with E-state index in [1.54, 1.807) is 0 Å².